The minimum absolute atomic E-state index is 0.270. The van der Waals surface area contributed by atoms with Gasteiger partial charge in [0.1, 0.15) is 17.6 Å². The van der Waals surface area contributed by atoms with Gasteiger partial charge in [0.25, 0.3) is 0 Å². The fraction of sp³-hybridized carbons (Fsp3) is 0.385. The molecule has 3 aromatic rings. The molecule has 2 atom stereocenters. The Morgan fingerprint density at radius 1 is 1.03 bits per heavy atom. The third kappa shape index (κ3) is 9.10. The molecule has 2 unspecified atom stereocenters. The van der Waals surface area contributed by atoms with E-state index in [1.807, 2.05) is 18.2 Å². The number of rotatable bonds is 15. The highest BCUT2D eigenvalue weighted by atomic mass is 31.1. The van der Waals surface area contributed by atoms with Crippen molar-refractivity contribution >= 4 is 8.25 Å². The van der Waals surface area contributed by atoms with Crippen molar-refractivity contribution < 1.29 is 23.1 Å². The summed E-state index contributed by atoms with van der Waals surface area (Å²) in [7, 11) is -2.56. The summed E-state index contributed by atoms with van der Waals surface area (Å²) < 4.78 is 27.3. The fourth-order valence-corrected chi connectivity index (χ4v) is 4.03. The quantitative estimate of drug-likeness (QED) is 0.201. The molecule has 0 amide bonds. The molecule has 3 rings (SSSR count). The molecule has 0 fully saturated rings. The lowest BCUT2D eigenvalue weighted by molar-refractivity contribution is 0.195. The Balaban J connectivity index is 1.47. The summed E-state index contributed by atoms with van der Waals surface area (Å²) in [4.78, 5) is 8.80. The zero-order valence-corrected chi connectivity index (χ0v) is 20.0. The highest BCUT2D eigenvalue weighted by Crippen LogP contribution is 2.32. The van der Waals surface area contributed by atoms with Crippen LogP contribution in [0, 0.1) is 0 Å². The van der Waals surface area contributed by atoms with Crippen molar-refractivity contribution in [2.24, 2.45) is 0 Å². The summed E-state index contributed by atoms with van der Waals surface area (Å²) in [5.41, 5.74) is 3.43. The molecule has 0 radical (unpaired) electrons. The van der Waals surface area contributed by atoms with Crippen LogP contribution >= 0.6 is 8.25 Å². The topological polar surface area (TPSA) is 80.9 Å². The summed E-state index contributed by atoms with van der Waals surface area (Å²) in [6.45, 7) is 3.81. The zero-order valence-electron chi connectivity index (χ0n) is 19.1. The molecule has 0 spiro atoms. The van der Waals surface area contributed by atoms with Crippen LogP contribution in [0.15, 0.2) is 71.3 Å². The van der Waals surface area contributed by atoms with Crippen molar-refractivity contribution in [3.8, 4) is 17.1 Å². The van der Waals surface area contributed by atoms with E-state index in [9.17, 15) is 4.57 Å². The van der Waals surface area contributed by atoms with Gasteiger partial charge in [-0.15, -0.1) is 9.42 Å². The predicted molar refractivity (Wildman–Crippen MR) is 130 cm³/mol. The van der Waals surface area contributed by atoms with Crippen LogP contribution in [0.4, 0.5) is 0 Å². The van der Waals surface area contributed by atoms with E-state index in [1.165, 1.54) is 5.56 Å². The van der Waals surface area contributed by atoms with E-state index >= 15 is 0 Å². The van der Waals surface area contributed by atoms with Crippen molar-refractivity contribution in [1.82, 2.24) is 5.32 Å². The van der Waals surface area contributed by atoms with Crippen LogP contribution in [0.25, 0.3) is 11.3 Å². The highest BCUT2D eigenvalue weighted by Gasteiger charge is 2.18. The number of nitrogens with one attached hydrogen (secondary N) is 1. The molecule has 0 bridgehead atoms. The molecule has 1 heterocycles. The normalized spacial score (nSPS) is 12.5. The number of unbranched alkanes of at least 4 members (excludes halogenated alkanes) is 2. The molecule has 0 saturated carbocycles. The number of hydrogen-bond acceptors (Lipinski definition) is 5. The average Bonchev–Trinajstić information content (AvgIpc) is 3.34. The molecule has 7 heteroatoms. The number of hydrogen-bond donors (Lipinski definition) is 2. The number of aryl methyl sites for hydroxylation is 1. The van der Waals surface area contributed by atoms with Gasteiger partial charge in [0.05, 0.1) is 18.4 Å². The Kier molecular flexibility index (Phi) is 10.6. The van der Waals surface area contributed by atoms with Crippen molar-refractivity contribution in [1.29, 1.82) is 0 Å². The van der Waals surface area contributed by atoms with Gasteiger partial charge < -0.3 is 14.5 Å². The van der Waals surface area contributed by atoms with Gasteiger partial charge in [-0.05, 0) is 81.0 Å². The molecule has 0 saturated heterocycles. The summed E-state index contributed by atoms with van der Waals surface area (Å²) in [6.07, 6.45) is 6.44. The van der Waals surface area contributed by atoms with Crippen LogP contribution in [-0.4, -0.2) is 24.1 Å². The molecule has 2 N–H and O–H groups in total. The number of furan rings is 1. The SMILES string of the molecule is CC(CCNCc1ccc(OCCCCCc2ccccc2)c(-c2ccco2)c1)O[P+](=O)O. The van der Waals surface area contributed by atoms with Crippen LogP contribution < -0.4 is 10.1 Å². The van der Waals surface area contributed by atoms with Crippen LogP contribution in [0.1, 0.15) is 43.7 Å². The van der Waals surface area contributed by atoms with Gasteiger partial charge in [0.15, 0.2) is 0 Å². The van der Waals surface area contributed by atoms with Crippen molar-refractivity contribution in [3.05, 3.63) is 78.1 Å². The summed E-state index contributed by atoms with van der Waals surface area (Å²) in [5, 5.41) is 3.35. The lowest BCUT2D eigenvalue weighted by Gasteiger charge is -2.13. The van der Waals surface area contributed by atoms with Crippen molar-refractivity contribution in [2.45, 2.75) is 51.7 Å². The molecule has 0 aliphatic rings. The van der Waals surface area contributed by atoms with E-state index in [-0.39, 0.29) is 6.10 Å². The molecule has 0 aliphatic carbocycles. The first-order chi connectivity index (χ1) is 16.1. The second-order valence-electron chi connectivity index (χ2n) is 8.07. The second-order valence-corrected chi connectivity index (χ2v) is 8.76. The van der Waals surface area contributed by atoms with Gasteiger partial charge in [0, 0.05) is 11.1 Å². The first-order valence-corrected chi connectivity index (χ1v) is 12.6. The van der Waals surface area contributed by atoms with Crippen LogP contribution in [0.3, 0.4) is 0 Å². The number of ether oxygens (including phenoxy) is 1. The summed E-state index contributed by atoms with van der Waals surface area (Å²) in [5.74, 6) is 1.61. The maximum absolute atomic E-state index is 10.7. The van der Waals surface area contributed by atoms with Crippen LogP contribution in [-0.2, 0) is 22.1 Å². The van der Waals surface area contributed by atoms with E-state index in [4.69, 9.17) is 18.6 Å². The summed E-state index contributed by atoms with van der Waals surface area (Å²) in [6, 6.07) is 20.5. The van der Waals surface area contributed by atoms with Crippen LogP contribution in [0.2, 0.25) is 0 Å². The Hall–Kier alpha value is -2.50. The molecule has 1 aromatic heterocycles. The molecular formula is C26H33NO5P+. The Morgan fingerprint density at radius 3 is 2.64 bits per heavy atom. The number of benzene rings is 2. The van der Waals surface area contributed by atoms with Crippen LogP contribution in [0.5, 0.6) is 5.75 Å². The van der Waals surface area contributed by atoms with E-state index in [2.05, 4.69) is 47.8 Å². The smallest absolute Gasteiger partial charge is 0.493 e. The van der Waals surface area contributed by atoms with E-state index in [1.54, 1.807) is 13.2 Å². The Bertz CT molecular complexity index is 962. The molecule has 0 aliphatic heterocycles. The Labute approximate surface area is 196 Å². The maximum Gasteiger partial charge on any atom is 0.694 e. The lowest BCUT2D eigenvalue weighted by Crippen LogP contribution is -2.19. The molecule has 176 valence electrons. The predicted octanol–water partition coefficient (Wildman–Crippen LogP) is 6.27. The fourth-order valence-electron chi connectivity index (χ4n) is 3.62. The Morgan fingerprint density at radius 2 is 1.88 bits per heavy atom. The van der Waals surface area contributed by atoms with Crippen molar-refractivity contribution in [3.63, 3.8) is 0 Å². The van der Waals surface area contributed by atoms with E-state index in [0.717, 1.165) is 48.3 Å². The molecule has 2 aromatic carbocycles. The first kappa shape index (κ1) is 25.1. The van der Waals surface area contributed by atoms with Gasteiger partial charge in [-0.1, -0.05) is 36.4 Å². The third-order valence-electron chi connectivity index (χ3n) is 5.37. The highest BCUT2D eigenvalue weighted by molar-refractivity contribution is 7.32. The maximum atomic E-state index is 10.7. The second kappa shape index (κ2) is 13.9. The first-order valence-electron chi connectivity index (χ1n) is 11.5. The molecule has 6 nitrogen and oxygen atoms in total. The van der Waals surface area contributed by atoms with E-state index in [0.29, 0.717) is 26.1 Å². The van der Waals surface area contributed by atoms with Gasteiger partial charge >= 0.3 is 8.25 Å². The summed E-state index contributed by atoms with van der Waals surface area (Å²) >= 11 is 0. The van der Waals surface area contributed by atoms with Crippen molar-refractivity contribution in [2.75, 3.05) is 13.2 Å². The standard InChI is InChI=1S/C26H32NO5P/c1-21(32-33(28)29)15-16-27-20-23-13-14-26(24(19-23)25-12-8-18-31-25)30-17-7-3-6-11-22-9-4-2-5-10-22/h2,4-5,8-10,12-14,18-19,21,27H,3,6-7,11,15-17,20H2,1H3/p+1. The van der Waals surface area contributed by atoms with Gasteiger partial charge in [-0.2, -0.15) is 0 Å². The largest absolute Gasteiger partial charge is 0.694 e. The molecular weight excluding hydrogens is 437 g/mol. The monoisotopic (exact) mass is 470 g/mol. The minimum atomic E-state index is -2.56. The van der Waals surface area contributed by atoms with E-state index < -0.39 is 8.25 Å². The third-order valence-corrected chi connectivity index (χ3v) is 5.91. The zero-order chi connectivity index (χ0) is 23.3. The van der Waals surface area contributed by atoms with Gasteiger partial charge in [-0.3, -0.25) is 0 Å². The average molecular weight is 471 g/mol. The minimum Gasteiger partial charge on any atom is -0.493 e. The lowest BCUT2D eigenvalue weighted by atomic mass is 10.1. The van der Waals surface area contributed by atoms with Gasteiger partial charge in [0.2, 0.25) is 0 Å². The molecule has 33 heavy (non-hydrogen) atoms. The van der Waals surface area contributed by atoms with Gasteiger partial charge in [-0.25, -0.2) is 0 Å².